The third-order valence-corrected chi connectivity index (χ3v) is 1.74. The fourth-order valence-electron chi connectivity index (χ4n) is 1.14. The van der Waals surface area contributed by atoms with Crippen molar-refractivity contribution in [3.8, 4) is 5.88 Å². The standard InChI is InChI=1S/C11H14FN3O2/c1-8(13)7-10(16)14-9-3-2-4-11(15-9)17-6-5-12/h2-4,13H,5-7H2,1H3,(H,14,15,16). The molecule has 0 bridgehead atoms. The van der Waals surface area contributed by atoms with E-state index in [1.807, 2.05) is 0 Å². The maximum absolute atomic E-state index is 11.9. The van der Waals surface area contributed by atoms with Gasteiger partial charge in [0.05, 0.1) is 6.42 Å². The Morgan fingerprint density at radius 2 is 2.35 bits per heavy atom. The lowest BCUT2D eigenvalue weighted by atomic mass is 10.3. The SMILES string of the molecule is CC(=N)CC(=O)Nc1cccc(OCCF)n1. The van der Waals surface area contributed by atoms with Gasteiger partial charge in [0.1, 0.15) is 19.1 Å². The van der Waals surface area contributed by atoms with Crippen LogP contribution in [0.3, 0.4) is 0 Å². The van der Waals surface area contributed by atoms with E-state index >= 15 is 0 Å². The van der Waals surface area contributed by atoms with Gasteiger partial charge in [-0.15, -0.1) is 0 Å². The van der Waals surface area contributed by atoms with Crippen LogP contribution in [0.1, 0.15) is 13.3 Å². The Labute approximate surface area is 98.5 Å². The number of pyridine rings is 1. The normalized spacial score (nSPS) is 9.76. The molecule has 0 spiro atoms. The highest BCUT2D eigenvalue weighted by Gasteiger charge is 2.05. The van der Waals surface area contributed by atoms with Crippen molar-refractivity contribution >= 4 is 17.4 Å². The summed E-state index contributed by atoms with van der Waals surface area (Å²) >= 11 is 0. The Kier molecular flexibility index (Phi) is 5.06. The minimum absolute atomic E-state index is 0.0250. The van der Waals surface area contributed by atoms with Gasteiger partial charge in [-0.05, 0) is 13.0 Å². The molecule has 1 rings (SSSR count). The third-order valence-electron chi connectivity index (χ3n) is 1.74. The van der Waals surface area contributed by atoms with E-state index < -0.39 is 6.67 Å². The van der Waals surface area contributed by atoms with Crippen molar-refractivity contribution in [3.63, 3.8) is 0 Å². The number of ether oxygens (including phenoxy) is 1. The lowest BCUT2D eigenvalue weighted by Crippen LogP contribution is -2.15. The summed E-state index contributed by atoms with van der Waals surface area (Å²) < 4.78 is 16.9. The molecule has 0 aliphatic heterocycles. The summed E-state index contributed by atoms with van der Waals surface area (Å²) in [7, 11) is 0. The van der Waals surface area contributed by atoms with Crippen LogP contribution in [-0.4, -0.2) is 29.9 Å². The maximum Gasteiger partial charge on any atom is 0.231 e. The van der Waals surface area contributed by atoms with Crippen molar-refractivity contribution in [2.75, 3.05) is 18.6 Å². The molecule has 0 unspecified atom stereocenters. The van der Waals surface area contributed by atoms with Gasteiger partial charge in [0, 0.05) is 11.8 Å². The van der Waals surface area contributed by atoms with Crippen molar-refractivity contribution in [1.29, 1.82) is 5.41 Å². The molecule has 0 fully saturated rings. The number of halogens is 1. The molecule has 0 atom stereocenters. The molecule has 1 heterocycles. The minimum Gasteiger partial charge on any atom is -0.475 e. The number of aromatic nitrogens is 1. The second-order valence-corrected chi connectivity index (χ2v) is 3.40. The van der Waals surface area contributed by atoms with Crippen molar-refractivity contribution in [3.05, 3.63) is 18.2 Å². The first-order valence-electron chi connectivity index (χ1n) is 5.11. The van der Waals surface area contributed by atoms with Crippen molar-refractivity contribution < 1.29 is 13.9 Å². The van der Waals surface area contributed by atoms with E-state index in [0.29, 0.717) is 5.82 Å². The molecule has 92 valence electrons. The zero-order valence-corrected chi connectivity index (χ0v) is 9.50. The maximum atomic E-state index is 11.9. The van der Waals surface area contributed by atoms with Crippen LogP contribution in [0.25, 0.3) is 0 Å². The second-order valence-electron chi connectivity index (χ2n) is 3.40. The van der Waals surface area contributed by atoms with E-state index in [4.69, 9.17) is 10.1 Å². The summed E-state index contributed by atoms with van der Waals surface area (Å²) in [6, 6.07) is 4.82. The van der Waals surface area contributed by atoms with Gasteiger partial charge in [-0.2, -0.15) is 4.98 Å². The fraction of sp³-hybridized carbons (Fsp3) is 0.364. The summed E-state index contributed by atoms with van der Waals surface area (Å²) in [5.74, 6) is 0.271. The van der Waals surface area contributed by atoms with Gasteiger partial charge < -0.3 is 15.5 Å². The molecule has 0 aromatic carbocycles. The van der Waals surface area contributed by atoms with Crippen molar-refractivity contribution in [1.82, 2.24) is 4.98 Å². The molecular formula is C11H14FN3O2. The smallest absolute Gasteiger partial charge is 0.231 e. The molecule has 17 heavy (non-hydrogen) atoms. The number of carbonyl (C=O) groups excluding carboxylic acids is 1. The molecule has 5 nitrogen and oxygen atoms in total. The lowest BCUT2D eigenvalue weighted by molar-refractivity contribution is -0.115. The number of alkyl halides is 1. The summed E-state index contributed by atoms with van der Waals surface area (Å²) in [5, 5.41) is 9.70. The summed E-state index contributed by atoms with van der Waals surface area (Å²) in [4.78, 5) is 15.3. The largest absolute Gasteiger partial charge is 0.475 e. The highest BCUT2D eigenvalue weighted by atomic mass is 19.1. The van der Waals surface area contributed by atoms with Crippen LogP contribution in [-0.2, 0) is 4.79 Å². The number of anilines is 1. The predicted octanol–water partition coefficient (Wildman–Crippen LogP) is 1.80. The minimum atomic E-state index is -0.592. The number of nitrogens with one attached hydrogen (secondary N) is 2. The first-order chi connectivity index (χ1) is 8.11. The Bertz CT molecular complexity index is 409. The zero-order valence-electron chi connectivity index (χ0n) is 9.50. The molecule has 0 saturated heterocycles. The molecule has 6 heteroatoms. The zero-order chi connectivity index (χ0) is 12.7. The highest BCUT2D eigenvalue weighted by molar-refractivity contribution is 6.04. The van der Waals surface area contributed by atoms with Crippen molar-refractivity contribution in [2.24, 2.45) is 0 Å². The van der Waals surface area contributed by atoms with Gasteiger partial charge in [-0.3, -0.25) is 4.79 Å². The number of hydrogen-bond acceptors (Lipinski definition) is 4. The molecule has 0 aliphatic carbocycles. The van der Waals surface area contributed by atoms with Crippen LogP contribution in [0, 0.1) is 5.41 Å². The van der Waals surface area contributed by atoms with Crippen LogP contribution in [0.5, 0.6) is 5.88 Å². The Morgan fingerprint density at radius 3 is 3.00 bits per heavy atom. The van der Waals surface area contributed by atoms with Gasteiger partial charge in [-0.25, -0.2) is 4.39 Å². The average Bonchev–Trinajstić information content (AvgIpc) is 2.25. The van der Waals surface area contributed by atoms with Gasteiger partial charge in [0.2, 0.25) is 11.8 Å². The Morgan fingerprint density at radius 1 is 1.59 bits per heavy atom. The second kappa shape index (κ2) is 6.57. The van der Waals surface area contributed by atoms with Crippen LogP contribution in [0.15, 0.2) is 18.2 Å². The Balaban J connectivity index is 2.58. The Hall–Kier alpha value is -1.98. The molecule has 2 N–H and O–H groups in total. The van der Waals surface area contributed by atoms with E-state index in [-0.39, 0.29) is 30.5 Å². The third kappa shape index (κ3) is 5.05. The number of amides is 1. The first kappa shape index (κ1) is 13.1. The van der Waals surface area contributed by atoms with E-state index in [1.54, 1.807) is 25.1 Å². The first-order valence-corrected chi connectivity index (χ1v) is 5.11. The fourth-order valence-corrected chi connectivity index (χ4v) is 1.14. The average molecular weight is 239 g/mol. The summed E-state index contributed by atoms with van der Waals surface area (Å²) in [6.45, 7) is 0.892. The van der Waals surface area contributed by atoms with Crippen molar-refractivity contribution in [2.45, 2.75) is 13.3 Å². The summed E-state index contributed by atoms with van der Waals surface area (Å²) in [6.07, 6.45) is 0.0250. The van der Waals surface area contributed by atoms with E-state index in [9.17, 15) is 9.18 Å². The lowest BCUT2D eigenvalue weighted by Gasteiger charge is -2.06. The van der Waals surface area contributed by atoms with Crippen LogP contribution < -0.4 is 10.1 Å². The topological polar surface area (TPSA) is 75.1 Å². The molecule has 1 aromatic heterocycles. The van der Waals surface area contributed by atoms with Gasteiger partial charge >= 0.3 is 0 Å². The quantitative estimate of drug-likeness (QED) is 0.743. The highest BCUT2D eigenvalue weighted by Crippen LogP contribution is 2.11. The van der Waals surface area contributed by atoms with Crippen LogP contribution in [0.2, 0.25) is 0 Å². The van der Waals surface area contributed by atoms with Gasteiger partial charge in [0.15, 0.2) is 0 Å². The molecule has 0 aliphatic rings. The molecule has 1 amide bonds. The molecule has 0 radical (unpaired) electrons. The predicted molar refractivity (Wildman–Crippen MR) is 62.4 cm³/mol. The monoisotopic (exact) mass is 239 g/mol. The van der Waals surface area contributed by atoms with E-state index in [2.05, 4.69) is 10.3 Å². The number of rotatable bonds is 6. The van der Waals surface area contributed by atoms with Crippen LogP contribution in [0.4, 0.5) is 10.2 Å². The number of carbonyl (C=O) groups is 1. The molecule has 1 aromatic rings. The molecular weight excluding hydrogens is 225 g/mol. The van der Waals surface area contributed by atoms with Crippen LogP contribution >= 0.6 is 0 Å². The van der Waals surface area contributed by atoms with E-state index in [1.165, 1.54) is 0 Å². The van der Waals surface area contributed by atoms with Gasteiger partial charge in [-0.1, -0.05) is 6.07 Å². The van der Waals surface area contributed by atoms with Gasteiger partial charge in [0.25, 0.3) is 0 Å². The van der Waals surface area contributed by atoms with E-state index in [0.717, 1.165) is 0 Å². The number of nitrogens with zero attached hydrogens (tertiary/aromatic N) is 1. The summed E-state index contributed by atoms with van der Waals surface area (Å²) in [5.41, 5.74) is 0.271. The molecule has 0 saturated carbocycles. The number of hydrogen-bond donors (Lipinski definition) is 2.